The highest BCUT2D eigenvalue weighted by molar-refractivity contribution is 5.91. The second kappa shape index (κ2) is 6.67. The van der Waals surface area contributed by atoms with Gasteiger partial charge in [-0.1, -0.05) is 13.8 Å². The molecule has 1 fully saturated rings. The smallest absolute Gasteiger partial charge is 0.279 e. The number of hydrogen-bond donors (Lipinski definition) is 2. The molecule has 0 aliphatic carbocycles. The van der Waals surface area contributed by atoms with E-state index in [9.17, 15) is 14.9 Å². The molecule has 1 aliphatic rings. The fraction of sp³-hybridized carbons (Fsp3) is 0.533. The molecule has 0 radical (unpaired) electrons. The van der Waals surface area contributed by atoms with E-state index in [1.807, 2.05) is 0 Å². The second-order valence-electron chi connectivity index (χ2n) is 6.13. The highest BCUT2D eigenvalue weighted by atomic mass is 16.6. The molecule has 0 aromatic heterocycles. The molecule has 2 N–H and O–H groups in total. The molecular weight excluding hydrogens is 270 g/mol. The van der Waals surface area contributed by atoms with Gasteiger partial charge >= 0.3 is 0 Å². The van der Waals surface area contributed by atoms with E-state index in [0.717, 1.165) is 13.1 Å². The van der Waals surface area contributed by atoms with Crippen molar-refractivity contribution in [2.75, 3.05) is 25.0 Å². The minimum absolute atomic E-state index is 0.0253. The summed E-state index contributed by atoms with van der Waals surface area (Å²) >= 11 is 0. The van der Waals surface area contributed by atoms with Crippen LogP contribution in [0.3, 0.4) is 0 Å². The standard InChI is InChI=1S/C15H21N3O3/c1-11-7-12(2)9-17(8-11)10-15(19)16-13-3-5-14(6-4-13)18(20)21/h3-6,11-12H,7-10H2,1-2H3,(H,16,19)/p+1/t11-,12+. The van der Waals surface area contributed by atoms with E-state index >= 15 is 0 Å². The van der Waals surface area contributed by atoms with Crippen molar-refractivity contribution in [1.29, 1.82) is 0 Å². The lowest BCUT2D eigenvalue weighted by molar-refractivity contribution is -0.904. The average Bonchev–Trinajstić information content (AvgIpc) is 2.37. The number of nitro groups is 1. The number of likely N-dealkylation sites (tertiary alicyclic amines) is 1. The van der Waals surface area contributed by atoms with Crippen LogP contribution in [0, 0.1) is 22.0 Å². The number of quaternary nitrogens is 1. The average molecular weight is 292 g/mol. The number of nitro benzene ring substituents is 1. The van der Waals surface area contributed by atoms with E-state index in [1.54, 1.807) is 12.1 Å². The maximum absolute atomic E-state index is 12.0. The highest BCUT2D eigenvalue weighted by Crippen LogP contribution is 2.15. The molecule has 1 aromatic carbocycles. The second-order valence-corrected chi connectivity index (χ2v) is 6.13. The Kier molecular flexibility index (Phi) is 4.90. The van der Waals surface area contributed by atoms with Crippen LogP contribution >= 0.6 is 0 Å². The first-order chi connectivity index (χ1) is 9.94. The number of hydrogen-bond acceptors (Lipinski definition) is 3. The summed E-state index contributed by atoms with van der Waals surface area (Å²) in [5.41, 5.74) is 0.625. The molecule has 2 rings (SSSR count). The van der Waals surface area contributed by atoms with E-state index in [-0.39, 0.29) is 11.6 Å². The Morgan fingerprint density at radius 2 is 1.86 bits per heavy atom. The van der Waals surface area contributed by atoms with E-state index in [1.165, 1.54) is 23.5 Å². The fourth-order valence-electron chi connectivity index (χ4n) is 3.17. The molecular formula is C15H22N3O3+. The predicted octanol–water partition coefficient (Wildman–Crippen LogP) is 1.09. The number of rotatable bonds is 4. The number of anilines is 1. The van der Waals surface area contributed by atoms with Crippen molar-refractivity contribution in [2.24, 2.45) is 11.8 Å². The van der Waals surface area contributed by atoms with Crippen LogP contribution in [-0.2, 0) is 4.79 Å². The van der Waals surface area contributed by atoms with Crippen molar-refractivity contribution in [3.63, 3.8) is 0 Å². The zero-order chi connectivity index (χ0) is 15.4. The van der Waals surface area contributed by atoms with Gasteiger partial charge in [-0.25, -0.2) is 0 Å². The van der Waals surface area contributed by atoms with Gasteiger partial charge in [-0.15, -0.1) is 0 Å². The summed E-state index contributed by atoms with van der Waals surface area (Å²) in [5, 5.41) is 13.4. The van der Waals surface area contributed by atoms with Gasteiger partial charge in [-0.05, 0) is 18.6 Å². The molecule has 21 heavy (non-hydrogen) atoms. The quantitative estimate of drug-likeness (QED) is 0.644. The number of non-ortho nitro benzene ring substituents is 1. The Bertz CT molecular complexity index is 505. The number of benzene rings is 1. The Hall–Kier alpha value is -1.95. The van der Waals surface area contributed by atoms with Gasteiger partial charge in [0, 0.05) is 29.7 Å². The first kappa shape index (κ1) is 15.4. The van der Waals surface area contributed by atoms with Gasteiger partial charge in [0.1, 0.15) is 0 Å². The van der Waals surface area contributed by atoms with Crippen LogP contribution in [0.2, 0.25) is 0 Å². The van der Waals surface area contributed by atoms with Crippen molar-refractivity contribution in [1.82, 2.24) is 0 Å². The topological polar surface area (TPSA) is 76.7 Å². The molecule has 1 heterocycles. The van der Waals surface area contributed by atoms with Gasteiger partial charge in [-0.2, -0.15) is 0 Å². The largest absolute Gasteiger partial charge is 0.327 e. The van der Waals surface area contributed by atoms with Crippen molar-refractivity contribution >= 4 is 17.3 Å². The SMILES string of the molecule is C[C@@H]1C[C@H](C)C[NH+](CC(=O)Nc2ccc([N+](=O)[O-])cc2)C1. The van der Waals surface area contributed by atoms with Crippen LogP contribution in [0.5, 0.6) is 0 Å². The van der Waals surface area contributed by atoms with Crippen LogP contribution in [0.1, 0.15) is 20.3 Å². The van der Waals surface area contributed by atoms with Crippen molar-refractivity contribution in [3.8, 4) is 0 Å². The zero-order valence-corrected chi connectivity index (χ0v) is 12.5. The first-order valence-corrected chi connectivity index (χ1v) is 7.32. The van der Waals surface area contributed by atoms with E-state index < -0.39 is 4.92 Å². The number of amides is 1. The minimum atomic E-state index is -0.452. The lowest BCUT2D eigenvalue weighted by Gasteiger charge is -2.31. The van der Waals surface area contributed by atoms with Crippen LogP contribution in [-0.4, -0.2) is 30.5 Å². The Morgan fingerprint density at radius 1 is 1.29 bits per heavy atom. The Morgan fingerprint density at radius 3 is 2.38 bits per heavy atom. The van der Waals surface area contributed by atoms with E-state index in [4.69, 9.17) is 0 Å². The molecule has 1 aliphatic heterocycles. The number of nitrogens with one attached hydrogen (secondary N) is 2. The third-order valence-corrected chi connectivity index (χ3v) is 3.85. The summed E-state index contributed by atoms with van der Waals surface area (Å²) in [6, 6.07) is 5.92. The Labute approximate surface area is 124 Å². The molecule has 1 amide bonds. The molecule has 0 saturated carbocycles. The maximum Gasteiger partial charge on any atom is 0.279 e. The fourth-order valence-corrected chi connectivity index (χ4v) is 3.17. The van der Waals surface area contributed by atoms with Crippen molar-refractivity contribution < 1.29 is 14.6 Å². The molecule has 114 valence electrons. The summed E-state index contributed by atoms with van der Waals surface area (Å²) in [6.07, 6.45) is 1.23. The van der Waals surface area contributed by atoms with Crippen molar-refractivity contribution in [3.05, 3.63) is 34.4 Å². The molecule has 0 spiro atoms. The summed E-state index contributed by atoms with van der Waals surface area (Å²) in [5.74, 6) is 1.26. The molecule has 3 atom stereocenters. The molecule has 1 aromatic rings. The zero-order valence-electron chi connectivity index (χ0n) is 12.5. The summed E-state index contributed by atoms with van der Waals surface area (Å²) < 4.78 is 0. The van der Waals surface area contributed by atoms with E-state index in [2.05, 4.69) is 19.2 Å². The molecule has 1 saturated heterocycles. The monoisotopic (exact) mass is 292 g/mol. The Balaban J connectivity index is 1.88. The van der Waals surface area contributed by atoms with Gasteiger partial charge in [0.15, 0.2) is 6.54 Å². The third-order valence-electron chi connectivity index (χ3n) is 3.85. The summed E-state index contributed by atoms with van der Waals surface area (Å²) in [6.45, 7) is 6.95. The van der Waals surface area contributed by atoms with Crippen LogP contribution < -0.4 is 10.2 Å². The highest BCUT2D eigenvalue weighted by Gasteiger charge is 2.26. The number of carbonyl (C=O) groups excluding carboxylic acids is 1. The lowest BCUT2D eigenvalue weighted by Crippen LogP contribution is -3.15. The third kappa shape index (κ3) is 4.53. The molecule has 1 unspecified atom stereocenters. The van der Waals surface area contributed by atoms with Gasteiger partial charge in [-0.3, -0.25) is 14.9 Å². The summed E-state index contributed by atoms with van der Waals surface area (Å²) in [7, 11) is 0. The van der Waals surface area contributed by atoms with Crippen molar-refractivity contribution in [2.45, 2.75) is 20.3 Å². The molecule has 0 bridgehead atoms. The lowest BCUT2D eigenvalue weighted by atomic mass is 9.92. The number of nitrogens with zero attached hydrogens (tertiary/aromatic N) is 1. The number of piperidine rings is 1. The summed E-state index contributed by atoms with van der Waals surface area (Å²) in [4.78, 5) is 23.5. The number of carbonyl (C=O) groups is 1. The predicted molar refractivity (Wildman–Crippen MR) is 80.2 cm³/mol. The van der Waals surface area contributed by atoms with Gasteiger partial charge in [0.05, 0.1) is 18.0 Å². The van der Waals surface area contributed by atoms with Crippen LogP contribution in [0.25, 0.3) is 0 Å². The first-order valence-electron chi connectivity index (χ1n) is 7.32. The van der Waals surface area contributed by atoms with E-state index in [0.29, 0.717) is 24.1 Å². The van der Waals surface area contributed by atoms with Gasteiger partial charge < -0.3 is 10.2 Å². The normalized spacial score (nSPS) is 25.3. The van der Waals surface area contributed by atoms with Crippen LogP contribution in [0.4, 0.5) is 11.4 Å². The maximum atomic E-state index is 12.0. The van der Waals surface area contributed by atoms with Gasteiger partial charge in [0.25, 0.3) is 11.6 Å². The minimum Gasteiger partial charge on any atom is -0.327 e. The molecule has 6 heteroatoms. The van der Waals surface area contributed by atoms with Gasteiger partial charge in [0.2, 0.25) is 0 Å². The molecule has 6 nitrogen and oxygen atoms in total. The van der Waals surface area contributed by atoms with Crippen LogP contribution in [0.15, 0.2) is 24.3 Å².